The van der Waals surface area contributed by atoms with Crippen molar-refractivity contribution < 1.29 is 62.0 Å². The molecule has 0 atom stereocenters. The number of nitrogens with one attached hydrogen (secondary N) is 2. The lowest BCUT2D eigenvalue weighted by atomic mass is 10.4. The maximum Gasteiger partial charge on any atom is 0.308 e. The lowest BCUT2D eigenvalue weighted by Crippen LogP contribution is -3.14. The van der Waals surface area contributed by atoms with Gasteiger partial charge in [0.15, 0.2) is 0 Å². The standard InChI is InChI=1S/C14H27NO6.C12H23NO5/c1-17-10-11-20-13-12-18-6-2-14(16)21-9-5-15-3-7-19-8-4-15;1-15-10-11-16-6-2-12(14)18-9-5-13-3-7-17-8-4-13/h2-13H2,1H3;2-11H2,1H3/p+2. The molecule has 2 aliphatic heterocycles. The van der Waals surface area contributed by atoms with Gasteiger partial charge in [0, 0.05) is 14.2 Å². The van der Waals surface area contributed by atoms with Crippen molar-refractivity contribution >= 4 is 11.9 Å². The summed E-state index contributed by atoms with van der Waals surface area (Å²) in [5, 5.41) is 0. The molecule has 2 aliphatic rings. The number of hydrogen-bond donors (Lipinski definition) is 2. The smallest absolute Gasteiger partial charge is 0.308 e. The highest BCUT2D eigenvalue weighted by molar-refractivity contribution is 5.69. The van der Waals surface area contributed by atoms with Gasteiger partial charge in [0.25, 0.3) is 0 Å². The highest BCUT2D eigenvalue weighted by Crippen LogP contribution is 1.90. The van der Waals surface area contributed by atoms with Gasteiger partial charge >= 0.3 is 11.9 Å². The van der Waals surface area contributed by atoms with Crippen LogP contribution >= 0.6 is 0 Å². The summed E-state index contributed by atoms with van der Waals surface area (Å²) in [4.78, 5) is 25.7. The quantitative estimate of drug-likeness (QED) is 0.109. The summed E-state index contributed by atoms with van der Waals surface area (Å²) in [7, 11) is 3.25. The lowest BCUT2D eigenvalue weighted by molar-refractivity contribution is -0.908. The highest BCUT2D eigenvalue weighted by atomic mass is 16.6. The van der Waals surface area contributed by atoms with E-state index in [1.54, 1.807) is 14.2 Å². The molecule has 0 radical (unpaired) electrons. The van der Waals surface area contributed by atoms with Crippen molar-refractivity contribution in [3.05, 3.63) is 0 Å². The van der Waals surface area contributed by atoms with Crippen LogP contribution < -0.4 is 9.80 Å². The molecular weight excluding hydrogens is 516 g/mol. The van der Waals surface area contributed by atoms with E-state index in [0.29, 0.717) is 72.5 Å². The second-order valence-corrected chi connectivity index (χ2v) is 8.99. The molecule has 13 nitrogen and oxygen atoms in total. The van der Waals surface area contributed by atoms with Crippen LogP contribution in [0, 0.1) is 0 Å². The highest BCUT2D eigenvalue weighted by Gasteiger charge is 2.15. The summed E-state index contributed by atoms with van der Waals surface area (Å²) in [6, 6.07) is 0. The Morgan fingerprint density at radius 2 is 0.897 bits per heavy atom. The Balaban J connectivity index is 0.000000395. The minimum absolute atomic E-state index is 0.194. The maximum absolute atomic E-state index is 11.5. The number of carbonyl (C=O) groups is 2. The molecular formula is C26H52N2O11+2. The fraction of sp³-hybridized carbons (Fsp3) is 0.923. The largest absolute Gasteiger partial charge is 0.460 e. The third-order valence-corrected chi connectivity index (χ3v) is 5.97. The first-order valence-electron chi connectivity index (χ1n) is 14.0. The van der Waals surface area contributed by atoms with E-state index < -0.39 is 0 Å². The van der Waals surface area contributed by atoms with Gasteiger partial charge in [-0.2, -0.15) is 0 Å². The number of quaternary nitrogens is 2. The summed E-state index contributed by atoms with van der Waals surface area (Å²) < 4.78 is 46.2. The predicted octanol–water partition coefficient (Wildman–Crippen LogP) is -2.99. The minimum atomic E-state index is -0.206. The molecule has 2 fully saturated rings. The monoisotopic (exact) mass is 568 g/mol. The van der Waals surface area contributed by atoms with E-state index >= 15 is 0 Å². The molecule has 0 saturated carbocycles. The van der Waals surface area contributed by atoms with Gasteiger partial charge in [-0.05, 0) is 0 Å². The Morgan fingerprint density at radius 1 is 0.538 bits per heavy atom. The van der Waals surface area contributed by atoms with Crippen LogP contribution in [-0.4, -0.2) is 158 Å². The summed E-state index contributed by atoms with van der Waals surface area (Å²) in [5.74, 6) is -0.400. The Labute approximate surface area is 233 Å². The molecule has 2 rings (SSSR count). The normalized spacial score (nSPS) is 16.4. The van der Waals surface area contributed by atoms with Crippen molar-refractivity contribution in [2.45, 2.75) is 12.8 Å². The van der Waals surface area contributed by atoms with E-state index in [0.717, 1.165) is 65.7 Å². The number of ether oxygens (including phenoxy) is 9. The van der Waals surface area contributed by atoms with Crippen LogP contribution in [0.25, 0.3) is 0 Å². The van der Waals surface area contributed by atoms with E-state index in [-0.39, 0.29) is 18.4 Å². The Bertz CT molecular complexity index is 574. The van der Waals surface area contributed by atoms with Crippen LogP contribution in [0.15, 0.2) is 0 Å². The molecule has 0 spiro atoms. The second-order valence-electron chi connectivity index (χ2n) is 8.99. The van der Waals surface area contributed by atoms with Crippen molar-refractivity contribution in [1.82, 2.24) is 0 Å². The zero-order chi connectivity index (χ0) is 28.2. The van der Waals surface area contributed by atoms with Crippen molar-refractivity contribution in [2.75, 3.05) is 146 Å². The predicted molar refractivity (Wildman–Crippen MR) is 140 cm³/mol. The molecule has 0 aromatic heterocycles. The van der Waals surface area contributed by atoms with Gasteiger partial charge in [-0.3, -0.25) is 9.59 Å². The number of hydrogen-bond acceptors (Lipinski definition) is 11. The number of esters is 2. The zero-order valence-electron chi connectivity index (χ0n) is 24.0. The molecule has 0 unspecified atom stereocenters. The Morgan fingerprint density at radius 3 is 1.28 bits per heavy atom. The van der Waals surface area contributed by atoms with E-state index in [1.807, 2.05) is 0 Å². The van der Waals surface area contributed by atoms with Crippen molar-refractivity contribution in [1.29, 1.82) is 0 Å². The average molecular weight is 569 g/mol. The van der Waals surface area contributed by atoms with Crippen LogP contribution in [0.4, 0.5) is 0 Å². The van der Waals surface area contributed by atoms with Gasteiger partial charge in [0.2, 0.25) is 0 Å². The summed E-state index contributed by atoms with van der Waals surface area (Å²) in [6.07, 6.45) is 0.596. The fourth-order valence-corrected chi connectivity index (χ4v) is 3.60. The van der Waals surface area contributed by atoms with Gasteiger partial charge in [-0.1, -0.05) is 0 Å². The molecule has 0 amide bonds. The molecule has 2 saturated heterocycles. The van der Waals surface area contributed by atoms with Crippen LogP contribution in [0.3, 0.4) is 0 Å². The first-order chi connectivity index (χ1) is 19.2. The number of morpholine rings is 2. The number of carbonyl (C=O) groups excluding carboxylic acids is 2. The Kier molecular flexibility index (Phi) is 24.5. The molecule has 13 heteroatoms. The molecule has 2 N–H and O–H groups in total. The van der Waals surface area contributed by atoms with Crippen molar-refractivity contribution in [3.63, 3.8) is 0 Å². The van der Waals surface area contributed by atoms with Gasteiger partial charge in [0.05, 0.1) is 92.1 Å². The average Bonchev–Trinajstić information content (AvgIpc) is 2.96. The lowest BCUT2D eigenvalue weighted by Gasteiger charge is -2.23. The van der Waals surface area contributed by atoms with Gasteiger partial charge < -0.3 is 52.4 Å². The van der Waals surface area contributed by atoms with E-state index in [1.165, 1.54) is 9.80 Å². The van der Waals surface area contributed by atoms with Crippen LogP contribution in [0.2, 0.25) is 0 Å². The zero-order valence-corrected chi connectivity index (χ0v) is 24.0. The van der Waals surface area contributed by atoms with Gasteiger partial charge in [-0.15, -0.1) is 0 Å². The van der Waals surface area contributed by atoms with Crippen LogP contribution in [0.5, 0.6) is 0 Å². The maximum atomic E-state index is 11.5. The third-order valence-electron chi connectivity index (χ3n) is 5.97. The molecule has 0 bridgehead atoms. The summed E-state index contributed by atoms with van der Waals surface area (Å²) >= 11 is 0. The molecule has 230 valence electrons. The molecule has 0 aliphatic carbocycles. The van der Waals surface area contributed by atoms with E-state index in [9.17, 15) is 9.59 Å². The molecule has 39 heavy (non-hydrogen) atoms. The third kappa shape index (κ3) is 23.0. The van der Waals surface area contributed by atoms with Gasteiger partial charge in [0.1, 0.15) is 52.5 Å². The van der Waals surface area contributed by atoms with Crippen molar-refractivity contribution in [2.24, 2.45) is 0 Å². The SMILES string of the molecule is COCCOCCC(=O)OCC[NH+]1CCOCC1.COCCOCCOCCC(=O)OCC[NH+]1CCOCC1. The topological polar surface area (TPSA) is 126 Å². The van der Waals surface area contributed by atoms with E-state index in [2.05, 4.69) is 0 Å². The summed E-state index contributed by atoms with van der Waals surface area (Å²) in [5.41, 5.74) is 0. The molecule has 2 heterocycles. The first kappa shape index (κ1) is 35.6. The minimum Gasteiger partial charge on any atom is -0.460 e. The number of methoxy groups -OCH3 is 2. The number of rotatable bonds is 21. The molecule has 0 aromatic carbocycles. The van der Waals surface area contributed by atoms with Crippen molar-refractivity contribution in [3.8, 4) is 0 Å². The van der Waals surface area contributed by atoms with Crippen LogP contribution in [0.1, 0.15) is 12.8 Å². The Hall–Kier alpha value is -1.42. The van der Waals surface area contributed by atoms with E-state index in [4.69, 9.17) is 42.6 Å². The summed E-state index contributed by atoms with van der Waals surface area (Å²) in [6.45, 7) is 13.8. The first-order valence-corrected chi connectivity index (χ1v) is 14.0. The second kappa shape index (κ2) is 26.8. The van der Waals surface area contributed by atoms with Gasteiger partial charge in [-0.25, -0.2) is 0 Å². The van der Waals surface area contributed by atoms with Crippen LogP contribution in [-0.2, 0) is 52.2 Å². The molecule has 0 aromatic rings. The fourth-order valence-electron chi connectivity index (χ4n) is 3.60.